The average molecular weight is 242 g/mol. The van der Waals surface area contributed by atoms with Gasteiger partial charge in [0.1, 0.15) is 0 Å². The van der Waals surface area contributed by atoms with E-state index in [1.54, 1.807) is 0 Å². The molecule has 1 aliphatic rings. The second kappa shape index (κ2) is 7.67. The number of hydrogen-bond acceptors (Lipinski definition) is 4. The highest BCUT2D eigenvalue weighted by atomic mass is 16.5. The molecule has 0 atom stereocenters. The number of likely N-dealkylation sites (tertiary alicyclic amines) is 1. The van der Waals surface area contributed by atoms with Crippen LogP contribution in [-0.4, -0.2) is 49.7 Å². The van der Waals surface area contributed by atoms with Crippen molar-refractivity contribution in [2.24, 2.45) is 0 Å². The summed E-state index contributed by atoms with van der Waals surface area (Å²) in [5, 5.41) is 3.58. The third kappa shape index (κ3) is 6.03. The van der Waals surface area contributed by atoms with Gasteiger partial charge in [-0.15, -0.1) is 0 Å². The monoisotopic (exact) mass is 242 g/mol. The largest absolute Gasteiger partial charge is 0.469 e. The lowest BCUT2D eigenvalue weighted by molar-refractivity contribution is -0.140. The number of piperidine rings is 1. The van der Waals surface area contributed by atoms with Gasteiger partial charge in [0.25, 0.3) is 0 Å². The van der Waals surface area contributed by atoms with Gasteiger partial charge < -0.3 is 15.0 Å². The minimum atomic E-state index is -0.0960. The zero-order valence-corrected chi connectivity index (χ0v) is 11.4. The summed E-state index contributed by atoms with van der Waals surface area (Å²) in [6.45, 7) is 7.70. The van der Waals surface area contributed by atoms with Crippen LogP contribution in [0.4, 0.5) is 0 Å². The Balaban J connectivity index is 2.08. The van der Waals surface area contributed by atoms with Gasteiger partial charge in [-0.2, -0.15) is 0 Å². The van der Waals surface area contributed by atoms with Crippen LogP contribution in [0.25, 0.3) is 0 Å². The van der Waals surface area contributed by atoms with Crippen LogP contribution < -0.4 is 5.32 Å². The molecule has 0 aromatic heterocycles. The van der Waals surface area contributed by atoms with Gasteiger partial charge in [-0.05, 0) is 38.9 Å². The van der Waals surface area contributed by atoms with Crippen molar-refractivity contribution in [1.29, 1.82) is 0 Å². The second-order valence-corrected chi connectivity index (χ2v) is 5.12. The molecule has 4 nitrogen and oxygen atoms in total. The van der Waals surface area contributed by atoms with E-state index in [1.165, 1.54) is 20.0 Å². The lowest BCUT2D eigenvalue weighted by Gasteiger charge is -2.33. The van der Waals surface area contributed by atoms with Crippen molar-refractivity contribution in [1.82, 2.24) is 10.2 Å². The fourth-order valence-electron chi connectivity index (χ4n) is 2.34. The zero-order valence-electron chi connectivity index (χ0n) is 11.4. The molecule has 0 radical (unpaired) electrons. The molecule has 0 amide bonds. The van der Waals surface area contributed by atoms with Crippen molar-refractivity contribution in [3.8, 4) is 0 Å². The lowest BCUT2D eigenvalue weighted by Crippen LogP contribution is -2.44. The summed E-state index contributed by atoms with van der Waals surface area (Å²) in [5.41, 5.74) is 0. The Hall–Kier alpha value is -0.610. The number of nitrogens with zero attached hydrogens (tertiary/aromatic N) is 1. The molecule has 0 aromatic rings. The van der Waals surface area contributed by atoms with Crippen LogP contribution in [0.1, 0.15) is 39.5 Å². The molecule has 4 heteroatoms. The predicted octanol–water partition coefficient (Wildman–Crippen LogP) is 1.40. The third-order valence-corrected chi connectivity index (χ3v) is 3.24. The van der Waals surface area contributed by atoms with Gasteiger partial charge >= 0.3 is 5.97 Å². The maximum absolute atomic E-state index is 11.0. The van der Waals surface area contributed by atoms with E-state index >= 15 is 0 Å². The maximum atomic E-state index is 11.0. The van der Waals surface area contributed by atoms with Crippen LogP contribution in [-0.2, 0) is 9.53 Å². The van der Waals surface area contributed by atoms with Gasteiger partial charge in [-0.25, -0.2) is 0 Å². The van der Waals surface area contributed by atoms with Crippen molar-refractivity contribution in [3.63, 3.8) is 0 Å². The highest BCUT2D eigenvalue weighted by Crippen LogP contribution is 2.11. The van der Waals surface area contributed by atoms with Crippen molar-refractivity contribution < 1.29 is 9.53 Å². The molecule has 0 spiro atoms. The molecule has 1 N–H and O–H groups in total. The number of nitrogens with one attached hydrogen (secondary N) is 1. The minimum absolute atomic E-state index is 0.0960. The molecule has 1 fully saturated rings. The van der Waals surface area contributed by atoms with Crippen LogP contribution in [0, 0.1) is 0 Å². The number of carbonyl (C=O) groups is 1. The molecule has 0 bridgehead atoms. The first kappa shape index (κ1) is 14.5. The first-order chi connectivity index (χ1) is 8.11. The number of hydrogen-bond donors (Lipinski definition) is 1. The Morgan fingerprint density at radius 2 is 2.06 bits per heavy atom. The Bertz CT molecular complexity index is 223. The normalized spacial score (nSPS) is 18.6. The number of rotatable bonds is 6. The maximum Gasteiger partial charge on any atom is 0.305 e. The molecular formula is C13H26N2O2. The van der Waals surface area contributed by atoms with Crippen molar-refractivity contribution in [3.05, 3.63) is 0 Å². The van der Waals surface area contributed by atoms with E-state index in [2.05, 4.69) is 28.8 Å². The molecule has 0 unspecified atom stereocenters. The van der Waals surface area contributed by atoms with E-state index in [0.717, 1.165) is 26.1 Å². The number of carbonyl (C=O) groups excluding carboxylic acids is 1. The summed E-state index contributed by atoms with van der Waals surface area (Å²) < 4.78 is 4.63. The van der Waals surface area contributed by atoms with E-state index in [0.29, 0.717) is 18.5 Å². The quantitative estimate of drug-likeness (QED) is 0.715. The molecule has 1 saturated heterocycles. The smallest absolute Gasteiger partial charge is 0.305 e. The van der Waals surface area contributed by atoms with Gasteiger partial charge in [0, 0.05) is 18.5 Å². The fraction of sp³-hybridized carbons (Fsp3) is 0.923. The van der Waals surface area contributed by atoms with E-state index in [-0.39, 0.29) is 5.97 Å². The molecule has 17 heavy (non-hydrogen) atoms. The minimum Gasteiger partial charge on any atom is -0.469 e. The Morgan fingerprint density at radius 3 is 2.59 bits per heavy atom. The van der Waals surface area contributed by atoms with E-state index in [1.807, 2.05) is 0 Å². The number of esters is 1. The highest BCUT2D eigenvalue weighted by molar-refractivity contribution is 5.69. The SMILES string of the molecule is COC(=O)CCCN1CCC(NC(C)C)CC1. The highest BCUT2D eigenvalue weighted by Gasteiger charge is 2.19. The summed E-state index contributed by atoms with van der Waals surface area (Å²) in [4.78, 5) is 13.4. The van der Waals surface area contributed by atoms with E-state index in [9.17, 15) is 4.79 Å². The summed E-state index contributed by atoms with van der Waals surface area (Å²) in [6.07, 6.45) is 3.89. The van der Waals surface area contributed by atoms with Crippen molar-refractivity contribution >= 4 is 5.97 Å². The second-order valence-electron chi connectivity index (χ2n) is 5.12. The molecule has 1 rings (SSSR count). The molecule has 0 aliphatic carbocycles. The zero-order chi connectivity index (χ0) is 12.7. The lowest BCUT2D eigenvalue weighted by atomic mass is 10.0. The fourth-order valence-corrected chi connectivity index (χ4v) is 2.34. The standard InChI is InChI=1S/C13H26N2O2/c1-11(2)14-12-6-9-15(10-7-12)8-4-5-13(16)17-3/h11-12,14H,4-10H2,1-3H3. The van der Waals surface area contributed by atoms with Gasteiger partial charge in [0.15, 0.2) is 0 Å². The van der Waals surface area contributed by atoms with E-state index in [4.69, 9.17) is 0 Å². The van der Waals surface area contributed by atoms with Crippen LogP contribution in [0.3, 0.4) is 0 Å². The number of ether oxygens (including phenoxy) is 1. The molecule has 1 heterocycles. The Kier molecular flexibility index (Phi) is 6.52. The molecular weight excluding hydrogens is 216 g/mol. The summed E-state index contributed by atoms with van der Waals surface area (Å²) >= 11 is 0. The predicted molar refractivity (Wildman–Crippen MR) is 69.0 cm³/mol. The molecule has 1 aliphatic heterocycles. The average Bonchev–Trinajstić information content (AvgIpc) is 2.30. The third-order valence-electron chi connectivity index (χ3n) is 3.24. The molecule has 0 saturated carbocycles. The number of methoxy groups -OCH3 is 1. The topological polar surface area (TPSA) is 41.6 Å². The van der Waals surface area contributed by atoms with Crippen LogP contribution >= 0.6 is 0 Å². The Labute approximate surface area is 105 Å². The molecule has 100 valence electrons. The van der Waals surface area contributed by atoms with Gasteiger partial charge in [0.2, 0.25) is 0 Å². The van der Waals surface area contributed by atoms with Crippen LogP contribution in [0.5, 0.6) is 0 Å². The van der Waals surface area contributed by atoms with Gasteiger partial charge in [0.05, 0.1) is 7.11 Å². The van der Waals surface area contributed by atoms with Crippen LogP contribution in [0.15, 0.2) is 0 Å². The van der Waals surface area contributed by atoms with Gasteiger partial charge in [-0.3, -0.25) is 4.79 Å². The first-order valence-electron chi connectivity index (χ1n) is 6.67. The summed E-state index contributed by atoms with van der Waals surface area (Å²) in [6, 6.07) is 1.25. The van der Waals surface area contributed by atoms with Crippen molar-refractivity contribution in [2.45, 2.75) is 51.6 Å². The summed E-state index contributed by atoms with van der Waals surface area (Å²) in [7, 11) is 1.45. The van der Waals surface area contributed by atoms with Gasteiger partial charge in [-0.1, -0.05) is 13.8 Å². The summed E-state index contributed by atoms with van der Waals surface area (Å²) in [5.74, 6) is -0.0960. The van der Waals surface area contributed by atoms with Crippen molar-refractivity contribution in [2.75, 3.05) is 26.7 Å². The van der Waals surface area contributed by atoms with E-state index < -0.39 is 0 Å². The Morgan fingerprint density at radius 1 is 1.41 bits per heavy atom. The molecule has 0 aromatic carbocycles. The first-order valence-corrected chi connectivity index (χ1v) is 6.67. The van der Waals surface area contributed by atoms with Crippen LogP contribution in [0.2, 0.25) is 0 Å².